The molecule has 0 saturated heterocycles. The number of carbonyl (C=O) groups excluding carboxylic acids is 1. The van der Waals surface area contributed by atoms with E-state index in [1.807, 2.05) is 6.92 Å². The van der Waals surface area contributed by atoms with Gasteiger partial charge >= 0.3 is 0 Å². The van der Waals surface area contributed by atoms with Gasteiger partial charge in [-0.25, -0.2) is 0 Å². The zero-order chi connectivity index (χ0) is 7.98. The van der Waals surface area contributed by atoms with Gasteiger partial charge in [-0.1, -0.05) is 13.0 Å². The smallest absolute Gasteiger partial charge is 0.138 e. The summed E-state index contributed by atoms with van der Waals surface area (Å²) in [6.07, 6.45) is 3.42. The van der Waals surface area contributed by atoms with Gasteiger partial charge in [0, 0.05) is 18.9 Å². The highest BCUT2D eigenvalue weighted by molar-refractivity contribution is 5.80. The van der Waals surface area contributed by atoms with Crippen LogP contribution in [0.4, 0.5) is 0 Å². The van der Waals surface area contributed by atoms with E-state index in [1.165, 1.54) is 0 Å². The molecule has 0 amide bonds. The van der Waals surface area contributed by atoms with E-state index in [4.69, 9.17) is 5.73 Å². The molecule has 0 aliphatic rings. The highest BCUT2D eigenvalue weighted by Crippen LogP contribution is 1.97. The van der Waals surface area contributed by atoms with Crippen LogP contribution in [0.5, 0.6) is 0 Å². The van der Waals surface area contributed by atoms with Crippen molar-refractivity contribution in [3.8, 4) is 0 Å². The van der Waals surface area contributed by atoms with E-state index in [1.54, 1.807) is 6.08 Å². The molecule has 0 aliphatic carbocycles. The number of carbonyl (C=O) groups is 1. The summed E-state index contributed by atoms with van der Waals surface area (Å²) in [5.74, 6) is 0.185. The Bertz CT molecular complexity index is 120. The molecule has 0 bridgehead atoms. The van der Waals surface area contributed by atoms with Crippen LogP contribution >= 0.6 is 0 Å². The Kier molecular flexibility index (Phi) is 4.85. The molecule has 0 radical (unpaired) electrons. The Labute approximate surface area is 62.1 Å². The molecule has 2 N–H and O–H groups in total. The molecule has 2 heteroatoms. The number of rotatable bonds is 5. The highest BCUT2D eigenvalue weighted by atomic mass is 16.1. The van der Waals surface area contributed by atoms with E-state index in [9.17, 15) is 4.79 Å². The van der Waals surface area contributed by atoms with Crippen molar-refractivity contribution in [1.82, 2.24) is 0 Å². The molecule has 1 atom stereocenters. The van der Waals surface area contributed by atoms with E-state index in [-0.39, 0.29) is 11.8 Å². The van der Waals surface area contributed by atoms with Crippen LogP contribution in [0.1, 0.15) is 26.2 Å². The van der Waals surface area contributed by atoms with E-state index in [2.05, 4.69) is 6.58 Å². The summed E-state index contributed by atoms with van der Waals surface area (Å²) < 4.78 is 0. The number of Topliss-reactive ketones (excluding diaryl/α,β-unsaturated/α-hetero) is 1. The minimum atomic E-state index is 0.0347. The standard InChI is InChI=1S/C8H15NO/c1-3-5-8(10)6-7(9)4-2/h3,7H,1,4-6,9H2,2H3. The number of nitrogens with two attached hydrogens (primary N) is 1. The van der Waals surface area contributed by atoms with Crippen molar-refractivity contribution in [1.29, 1.82) is 0 Å². The number of hydrogen-bond donors (Lipinski definition) is 1. The Morgan fingerprint density at radius 2 is 2.40 bits per heavy atom. The summed E-state index contributed by atoms with van der Waals surface area (Å²) in [6, 6.07) is 0.0347. The Morgan fingerprint density at radius 3 is 2.80 bits per heavy atom. The van der Waals surface area contributed by atoms with Crippen LogP contribution < -0.4 is 5.73 Å². The van der Waals surface area contributed by atoms with Crippen molar-refractivity contribution in [2.75, 3.05) is 0 Å². The first-order chi connectivity index (χ1) is 4.70. The molecule has 0 aromatic heterocycles. The third-order valence-electron chi connectivity index (χ3n) is 1.39. The molecule has 2 nitrogen and oxygen atoms in total. The maximum absolute atomic E-state index is 10.9. The molecule has 0 rings (SSSR count). The second-order valence-electron chi connectivity index (χ2n) is 2.40. The minimum absolute atomic E-state index is 0.0347. The van der Waals surface area contributed by atoms with Gasteiger partial charge in [-0.05, 0) is 6.42 Å². The number of allylic oxidation sites excluding steroid dienone is 1. The number of ketones is 1. The predicted molar refractivity (Wildman–Crippen MR) is 42.7 cm³/mol. The lowest BCUT2D eigenvalue weighted by atomic mass is 10.1. The van der Waals surface area contributed by atoms with Crippen LogP contribution in [0.2, 0.25) is 0 Å². The van der Waals surface area contributed by atoms with E-state index in [0.29, 0.717) is 12.8 Å². The average molecular weight is 141 g/mol. The van der Waals surface area contributed by atoms with Crippen molar-refractivity contribution >= 4 is 5.78 Å². The summed E-state index contributed by atoms with van der Waals surface area (Å²) in [6.45, 7) is 5.45. The molecule has 10 heavy (non-hydrogen) atoms. The second-order valence-corrected chi connectivity index (χ2v) is 2.40. The van der Waals surface area contributed by atoms with Gasteiger partial charge in [-0.3, -0.25) is 4.79 Å². The van der Waals surface area contributed by atoms with Crippen molar-refractivity contribution in [2.45, 2.75) is 32.2 Å². The molecule has 0 heterocycles. The van der Waals surface area contributed by atoms with Gasteiger partial charge in [-0.15, -0.1) is 6.58 Å². The lowest BCUT2D eigenvalue weighted by Gasteiger charge is -2.04. The van der Waals surface area contributed by atoms with Crippen molar-refractivity contribution in [3.05, 3.63) is 12.7 Å². The molecule has 0 aliphatic heterocycles. The lowest BCUT2D eigenvalue weighted by Crippen LogP contribution is -2.22. The van der Waals surface area contributed by atoms with Gasteiger partial charge in [0.05, 0.1) is 0 Å². The lowest BCUT2D eigenvalue weighted by molar-refractivity contribution is -0.118. The average Bonchev–Trinajstić information content (AvgIpc) is 1.88. The zero-order valence-electron chi connectivity index (χ0n) is 6.47. The second kappa shape index (κ2) is 5.18. The molecule has 58 valence electrons. The summed E-state index contributed by atoms with van der Waals surface area (Å²) in [7, 11) is 0. The zero-order valence-corrected chi connectivity index (χ0v) is 6.47. The van der Waals surface area contributed by atoms with Crippen molar-refractivity contribution < 1.29 is 4.79 Å². The Morgan fingerprint density at radius 1 is 1.80 bits per heavy atom. The topological polar surface area (TPSA) is 43.1 Å². The van der Waals surface area contributed by atoms with Crippen LogP contribution in [0.3, 0.4) is 0 Å². The summed E-state index contributed by atoms with van der Waals surface area (Å²) in [5.41, 5.74) is 5.55. The fraction of sp³-hybridized carbons (Fsp3) is 0.625. The van der Waals surface area contributed by atoms with Crippen LogP contribution in [-0.4, -0.2) is 11.8 Å². The fourth-order valence-corrected chi connectivity index (χ4v) is 0.681. The summed E-state index contributed by atoms with van der Waals surface area (Å²) in [5, 5.41) is 0. The highest BCUT2D eigenvalue weighted by Gasteiger charge is 2.04. The van der Waals surface area contributed by atoms with Gasteiger partial charge in [0.2, 0.25) is 0 Å². The van der Waals surface area contributed by atoms with Gasteiger partial charge in [0.1, 0.15) is 5.78 Å². The first kappa shape index (κ1) is 9.37. The molecular formula is C8H15NO. The van der Waals surface area contributed by atoms with Crippen LogP contribution in [0, 0.1) is 0 Å². The van der Waals surface area contributed by atoms with E-state index in [0.717, 1.165) is 6.42 Å². The number of hydrogen-bond acceptors (Lipinski definition) is 2. The third-order valence-corrected chi connectivity index (χ3v) is 1.39. The Balaban J connectivity index is 3.46. The first-order valence-corrected chi connectivity index (χ1v) is 3.58. The minimum Gasteiger partial charge on any atom is -0.327 e. The monoisotopic (exact) mass is 141 g/mol. The first-order valence-electron chi connectivity index (χ1n) is 3.58. The van der Waals surface area contributed by atoms with Crippen LogP contribution in [0.15, 0.2) is 12.7 Å². The van der Waals surface area contributed by atoms with Crippen LogP contribution in [0.25, 0.3) is 0 Å². The fourth-order valence-electron chi connectivity index (χ4n) is 0.681. The predicted octanol–water partition coefficient (Wildman–Crippen LogP) is 1.26. The van der Waals surface area contributed by atoms with Crippen LogP contribution in [-0.2, 0) is 4.79 Å². The van der Waals surface area contributed by atoms with Gasteiger partial charge in [0.25, 0.3) is 0 Å². The summed E-state index contributed by atoms with van der Waals surface area (Å²) in [4.78, 5) is 10.9. The molecule has 0 spiro atoms. The SMILES string of the molecule is C=CCC(=O)CC(N)CC. The van der Waals surface area contributed by atoms with Gasteiger partial charge in [-0.2, -0.15) is 0 Å². The largest absolute Gasteiger partial charge is 0.327 e. The normalized spacial score (nSPS) is 12.6. The Hall–Kier alpha value is -0.630. The summed E-state index contributed by atoms with van der Waals surface area (Å²) >= 11 is 0. The van der Waals surface area contributed by atoms with Crippen molar-refractivity contribution in [3.63, 3.8) is 0 Å². The quantitative estimate of drug-likeness (QED) is 0.586. The van der Waals surface area contributed by atoms with E-state index >= 15 is 0 Å². The van der Waals surface area contributed by atoms with E-state index < -0.39 is 0 Å². The maximum atomic E-state index is 10.9. The molecule has 1 unspecified atom stereocenters. The molecule has 0 saturated carbocycles. The van der Waals surface area contributed by atoms with Gasteiger partial charge in [0.15, 0.2) is 0 Å². The third kappa shape index (κ3) is 4.27. The van der Waals surface area contributed by atoms with Gasteiger partial charge < -0.3 is 5.73 Å². The van der Waals surface area contributed by atoms with Crippen molar-refractivity contribution in [2.24, 2.45) is 5.73 Å². The molecule has 0 fully saturated rings. The molecule has 0 aromatic carbocycles. The maximum Gasteiger partial charge on any atom is 0.138 e. The molecular weight excluding hydrogens is 126 g/mol. The molecule has 0 aromatic rings.